The van der Waals surface area contributed by atoms with Gasteiger partial charge in [-0.05, 0) is 55.3 Å². The Kier molecular flexibility index (Phi) is 5.51. The molecule has 0 saturated carbocycles. The van der Waals surface area contributed by atoms with Gasteiger partial charge in [-0.25, -0.2) is 4.98 Å². The first-order chi connectivity index (χ1) is 14.1. The number of nitrogens with one attached hydrogen (secondary N) is 1. The van der Waals surface area contributed by atoms with Crippen LogP contribution < -0.4 is 19.9 Å². The van der Waals surface area contributed by atoms with Crippen LogP contribution in [0.4, 0.5) is 23.1 Å². The minimum absolute atomic E-state index is 0.576. The van der Waals surface area contributed by atoms with Crippen molar-refractivity contribution in [1.82, 2.24) is 9.97 Å². The zero-order valence-corrected chi connectivity index (χ0v) is 17.2. The summed E-state index contributed by atoms with van der Waals surface area (Å²) in [4.78, 5) is 13.9. The Labute approximate surface area is 172 Å². The summed E-state index contributed by atoms with van der Waals surface area (Å²) in [6, 6.07) is 16.7. The van der Waals surface area contributed by atoms with Gasteiger partial charge in [0.25, 0.3) is 0 Å². The Morgan fingerprint density at radius 2 is 1.66 bits per heavy atom. The highest BCUT2D eigenvalue weighted by Crippen LogP contribution is 2.28. The van der Waals surface area contributed by atoms with E-state index < -0.39 is 0 Å². The van der Waals surface area contributed by atoms with Gasteiger partial charge in [0.15, 0.2) is 0 Å². The minimum atomic E-state index is 0.576. The molecular weight excluding hydrogens is 362 g/mol. The number of piperazine rings is 1. The van der Waals surface area contributed by atoms with E-state index in [1.165, 1.54) is 11.3 Å². The van der Waals surface area contributed by atoms with Gasteiger partial charge in [-0.15, -0.1) is 0 Å². The minimum Gasteiger partial charge on any atom is -0.495 e. The molecule has 0 bridgehead atoms. The molecule has 29 heavy (non-hydrogen) atoms. The van der Waals surface area contributed by atoms with Gasteiger partial charge >= 0.3 is 0 Å². The van der Waals surface area contributed by atoms with Gasteiger partial charge in [0.2, 0.25) is 5.95 Å². The Morgan fingerprint density at radius 1 is 0.897 bits per heavy atom. The van der Waals surface area contributed by atoms with E-state index >= 15 is 0 Å². The van der Waals surface area contributed by atoms with Crippen molar-refractivity contribution in [2.75, 3.05) is 48.4 Å². The average Bonchev–Trinajstić information content (AvgIpc) is 2.74. The number of nitrogens with zero attached hydrogens (tertiary/aromatic N) is 4. The SMILES string of the molecule is COc1ccc(C)cc1Nc1nccc(N2CCN(c3cccc(C)c3)CC2)n1. The third-order valence-corrected chi connectivity index (χ3v) is 5.21. The highest BCUT2D eigenvalue weighted by atomic mass is 16.5. The monoisotopic (exact) mass is 389 g/mol. The standard InChI is InChI=1S/C23H27N5O/c1-17-5-4-6-19(15-17)27-11-13-28(14-12-27)22-9-10-24-23(26-22)25-20-16-18(2)7-8-21(20)29-3/h4-10,15-16H,11-14H2,1-3H3,(H,24,25,26). The molecule has 150 valence electrons. The zero-order valence-electron chi connectivity index (χ0n) is 17.2. The largest absolute Gasteiger partial charge is 0.495 e. The van der Waals surface area contributed by atoms with Gasteiger partial charge in [0, 0.05) is 38.1 Å². The lowest BCUT2D eigenvalue weighted by Crippen LogP contribution is -2.46. The van der Waals surface area contributed by atoms with Crippen LogP contribution in [0.1, 0.15) is 11.1 Å². The maximum atomic E-state index is 5.45. The van der Waals surface area contributed by atoms with E-state index in [1.807, 2.05) is 24.3 Å². The van der Waals surface area contributed by atoms with Gasteiger partial charge in [0.05, 0.1) is 12.8 Å². The van der Waals surface area contributed by atoms with E-state index in [1.54, 1.807) is 13.3 Å². The summed E-state index contributed by atoms with van der Waals surface area (Å²) in [7, 11) is 1.67. The summed E-state index contributed by atoms with van der Waals surface area (Å²) in [6.07, 6.45) is 1.81. The van der Waals surface area contributed by atoms with Crippen molar-refractivity contribution in [2.24, 2.45) is 0 Å². The molecule has 1 N–H and O–H groups in total. The maximum Gasteiger partial charge on any atom is 0.229 e. The van der Waals surface area contributed by atoms with Gasteiger partial charge in [-0.2, -0.15) is 4.98 Å². The maximum absolute atomic E-state index is 5.45. The second-order valence-corrected chi connectivity index (χ2v) is 7.38. The molecule has 1 saturated heterocycles. The Hall–Kier alpha value is -3.28. The molecule has 4 rings (SSSR count). The van der Waals surface area contributed by atoms with Crippen LogP contribution in [0.5, 0.6) is 5.75 Å². The second-order valence-electron chi connectivity index (χ2n) is 7.38. The molecule has 1 aliphatic rings. The molecule has 0 spiro atoms. The molecule has 6 heteroatoms. The van der Waals surface area contributed by atoms with Crippen molar-refractivity contribution < 1.29 is 4.74 Å². The number of rotatable bonds is 5. The molecule has 1 aliphatic heterocycles. The van der Waals surface area contributed by atoms with Crippen LogP contribution in [-0.4, -0.2) is 43.3 Å². The number of anilines is 4. The Balaban J connectivity index is 1.45. The van der Waals surface area contributed by atoms with E-state index in [-0.39, 0.29) is 0 Å². The molecule has 0 unspecified atom stereocenters. The second kappa shape index (κ2) is 8.39. The van der Waals surface area contributed by atoms with Crippen molar-refractivity contribution in [1.29, 1.82) is 0 Å². The number of aromatic nitrogens is 2. The van der Waals surface area contributed by atoms with Crippen LogP contribution in [0.15, 0.2) is 54.7 Å². The van der Waals surface area contributed by atoms with Crippen LogP contribution in [0, 0.1) is 13.8 Å². The van der Waals surface area contributed by atoms with Crippen LogP contribution in [-0.2, 0) is 0 Å². The lowest BCUT2D eigenvalue weighted by Gasteiger charge is -2.36. The lowest BCUT2D eigenvalue weighted by atomic mass is 10.2. The van der Waals surface area contributed by atoms with E-state index in [4.69, 9.17) is 9.72 Å². The summed E-state index contributed by atoms with van der Waals surface area (Å²) >= 11 is 0. The summed E-state index contributed by atoms with van der Waals surface area (Å²) in [5.74, 6) is 2.29. The molecule has 1 fully saturated rings. The first-order valence-corrected chi connectivity index (χ1v) is 9.93. The van der Waals surface area contributed by atoms with Crippen molar-refractivity contribution in [3.05, 3.63) is 65.9 Å². The summed E-state index contributed by atoms with van der Waals surface area (Å²) in [6.45, 7) is 7.99. The fourth-order valence-electron chi connectivity index (χ4n) is 3.64. The number of benzene rings is 2. The molecule has 0 radical (unpaired) electrons. The van der Waals surface area contributed by atoms with E-state index in [0.29, 0.717) is 5.95 Å². The van der Waals surface area contributed by atoms with Crippen LogP contribution in [0.3, 0.4) is 0 Å². The van der Waals surface area contributed by atoms with Gasteiger partial charge in [-0.1, -0.05) is 18.2 Å². The zero-order chi connectivity index (χ0) is 20.2. The van der Waals surface area contributed by atoms with Gasteiger partial charge in [-0.3, -0.25) is 0 Å². The lowest BCUT2D eigenvalue weighted by molar-refractivity contribution is 0.416. The van der Waals surface area contributed by atoms with Crippen molar-refractivity contribution in [2.45, 2.75) is 13.8 Å². The number of ether oxygens (including phenoxy) is 1. The van der Waals surface area contributed by atoms with Crippen LogP contribution in [0.25, 0.3) is 0 Å². The third kappa shape index (κ3) is 4.42. The quantitative estimate of drug-likeness (QED) is 0.707. The van der Waals surface area contributed by atoms with Crippen molar-refractivity contribution in [3.8, 4) is 5.75 Å². The normalized spacial score (nSPS) is 14.0. The van der Waals surface area contributed by atoms with Gasteiger partial charge < -0.3 is 19.9 Å². The summed E-state index contributed by atoms with van der Waals surface area (Å²) < 4.78 is 5.45. The molecule has 0 amide bonds. The van der Waals surface area contributed by atoms with Crippen molar-refractivity contribution >= 4 is 23.1 Å². The van der Waals surface area contributed by atoms with E-state index in [0.717, 1.165) is 49.0 Å². The molecule has 3 aromatic rings. The fraction of sp³-hybridized carbons (Fsp3) is 0.304. The first-order valence-electron chi connectivity index (χ1n) is 9.93. The number of hydrogen-bond acceptors (Lipinski definition) is 6. The Bertz CT molecular complexity index is 983. The molecule has 0 aliphatic carbocycles. The molecule has 2 heterocycles. The van der Waals surface area contributed by atoms with Gasteiger partial charge in [0.1, 0.15) is 11.6 Å². The predicted molar refractivity (Wildman–Crippen MR) is 119 cm³/mol. The molecular formula is C23H27N5O. The average molecular weight is 390 g/mol. The fourth-order valence-corrected chi connectivity index (χ4v) is 3.64. The predicted octanol–water partition coefficient (Wildman–Crippen LogP) is 4.17. The smallest absolute Gasteiger partial charge is 0.229 e. The molecule has 2 aromatic carbocycles. The number of hydrogen-bond donors (Lipinski definition) is 1. The van der Waals surface area contributed by atoms with Crippen LogP contribution in [0.2, 0.25) is 0 Å². The first kappa shape index (κ1) is 19.1. The topological polar surface area (TPSA) is 53.5 Å². The van der Waals surface area contributed by atoms with Crippen molar-refractivity contribution in [3.63, 3.8) is 0 Å². The van der Waals surface area contributed by atoms with E-state index in [9.17, 15) is 0 Å². The highest BCUT2D eigenvalue weighted by molar-refractivity contribution is 5.64. The summed E-state index contributed by atoms with van der Waals surface area (Å²) in [5, 5.41) is 3.30. The van der Waals surface area contributed by atoms with E-state index in [2.05, 4.69) is 58.2 Å². The molecule has 0 atom stereocenters. The summed E-state index contributed by atoms with van der Waals surface area (Å²) in [5.41, 5.74) is 4.61. The molecule has 1 aromatic heterocycles. The number of aryl methyl sites for hydroxylation is 2. The number of methoxy groups -OCH3 is 1. The Morgan fingerprint density at radius 3 is 2.41 bits per heavy atom. The van der Waals surface area contributed by atoms with Crippen LogP contribution >= 0.6 is 0 Å². The molecule has 6 nitrogen and oxygen atoms in total. The third-order valence-electron chi connectivity index (χ3n) is 5.21. The highest BCUT2D eigenvalue weighted by Gasteiger charge is 2.19.